The lowest BCUT2D eigenvalue weighted by Gasteiger charge is -2.42. The van der Waals surface area contributed by atoms with Crippen LogP contribution in [0.15, 0.2) is 127 Å². The molecule has 1 fully saturated rings. The zero-order valence-electron chi connectivity index (χ0n) is 29.3. The molecule has 1 saturated heterocycles. The Kier molecular flexibility index (Phi) is 12.2. The number of anilines is 1. The van der Waals surface area contributed by atoms with Gasteiger partial charge in [0.1, 0.15) is 17.2 Å². The maximum absolute atomic E-state index is 12.7. The van der Waals surface area contributed by atoms with E-state index in [1.165, 1.54) is 0 Å². The first kappa shape index (κ1) is 36.6. The number of likely N-dealkylation sites (N-methyl/N-ethyl adjacent to an activating group) is 1. The smallest absolute Gasteiger partial charge is 0.319 e. The molecule has 0 unspecified atom stereocenters. The van der Waals surface area contributed by atoms with Crippen molar-refractivity contribution in [3.63, 3.8) is 0 Å². The van der Waals surface area contributed by atoms with Gasteiger partial charge in [-0.2, -0.15) is 0 Å². The predicted molar refractivity (Wildman–Crippen MR) is 199 cm³/mol. The molecule has 1 heterocycles. The Morgan fingerprint density at radius 2 is 1.50 bits per heavy atom. The summed E-state index contributed by atoms with van der Waals surface area (Å²) >= 11 is 0. The van der Waals surface area contributed by atoms with Crippen molar-refractivity contribution in [2.45, 2.75) is 44.7 Å². The number of carbonyl (C=O) groups excluding carboxylic acids is 1. The fraction of sp³-hybridized carbons (Fsp3) is 0.262. The number of rotatable bonds is 13. The van der Waals surface area contributed by atoms with Crippen LogP contribution in [-0.4, -0.2) is 52.5 Å². The van der Waals surface area contributed by atoms with Crippen molar-refractivity contribution < 1.29 is 34.3 Å². The molecule has 0 aliphatic carbocycles. The van der Waals surface area contributed by atoms with Gasteiger partial charge in [0.25, 0.3) is 0 Å². The Morgan fingerprint density at radius 1 is 0.827 bits per heavy atom. The number of benzene rings is 5. The largest absolute Gasteiger partial charge is 0.508 e. The van der Waals surface area contributed by atoms with E-state index in [2.05, 4.69) is 17.6 Å². The van der Waals surface area contributed by atoms with Crippen LogP contribution in [0.25, 0.3) is 0 Å². The SMILES string of the molecule is C[C@H]1[C@@H](CN(C)C[C@@H](O)c2cccc(O)c2)O[C@@H](c2ccc(CNC(=O)Nc3ccc(Oc4ccccc4)cc3)cc2)O[C@H]1c1ccc(CO)cc1. The number of hydrogen-bond donors (Lipinski definition) is 5. The van der Waals surface area contributed by atoms with E-state index in [1.54, 1.807) is 48.5 Å². The average Bonchev–Trinajstić information content (AvgIpc) is 3.16. The van der Waals surface area contributed by atoms with E-state index in [4.69, 9.17) is 14.2 Å². The number of para-hydroxylation sites is 1. The van der Waals surface area contributed by atoms with Crippen molar-refractivity contribution in [2.75, 3.05) is 25.5 Å². The number of nitrogens with one attached hydrogen (secondary N) is 2. The Hall–Kier alpha value is -5.23. The van der Waals surface area contributed by atoms with Crippen molar-refractivity contribution in [2.24, 2.45) is 5.92 Å². The van der Waals surface area contributed by atoms with Gasteiger partial charge >= 0.3 is 6.03 Å². The minimum absolute atomic E-state index is 0.0360. The zero-order valence-corrected chi connectivity index (χ0v) is 29.3. The van der Waals surface area contributed by atoms with Gasteiger partial charge in [-0.15, -0.1) is 0 Å². The zero-order chi connectivity index (χ0) is 36.5. The summed E-state index contributed by atoms with van der Waals surface area (Å²) in [7, 11) is 1.94. The maximum atomic E-state index is 12.7. The van der Waals surface area contributed by atoms with Crippen molar-refractivity contribution in [3.8, 4) is 17.2 Å². The summed E-state index contributed by atoms with van der Waals surface area (Å²) in [6.45, 7) is 3.25. The molecule has 0 radical (unpaired) electrons. The van der Waals surface area contributed by atoms with Gasteiger partial charge in [-0.3, -0.25) is 0 Å². The second-order valence-corrected chi connectivity index (χ2v) is 13.1. The summed E-state index contributed by atoms with van der Waals surface area (Å²) in [5.41, 5.74) is 4.83. The first-order chi connectivity index (χ1) is 25.2. The summed E-state index contributed by atoms with van der Waals surface area (Å²) < 4.78 is 19.0. The number of urea groups is 1. The van der Waals surface area contributed by atoms with E-state index in [1.807, 2.05) is 90.8 Å². The molecule has 5 N–H and O–H groups in total. The molecule has 0 bridgehead atoms. The molecule has 6 rings (SSSR count). The standard InChI is InChI=1S/C42H45N3O7/c1-28-39(26-45(2)25-38(48)33-7-6-8-35(47)23-33)51-41(52-40(28)31-15-13-30(27-46)14-16-31)32-17-11-29(12-18-32)24-43-42(49)44-34-19-21-37(22-20-34)50-36-9-4-3-5-10-36/h3-23,28,38-41,46-48H,24-27H2,1-2H3,(H2,43,44,49)/t28-,38+,39+,40+,41+/m0/s1. The van der Waals surface area contributed by atoms with Crippen molar-refractivity contribution in [1.29, 1.82) is 0 Å². The molecular weight excluding hydrogens is 658 g/mol. The molecular formula is C42H45N3O7. The summed E-state index contributed by atoms with van der Waals surface area (Å²) in [5.74, 6) is 1.49. The highest BCUT2D eigenvalue weighted by molar-refractivity contribution is 5.89. The van der Waals surface area contributed by atoms with E-state index in [0.717, 1.165) is 28.0 Å². The van der Waals surface area contributed by atoms with Gasteiger partial charge in [0.2, 0.25) is 0 Å². The molecule has 10 nitrogen and oxygen atoms in total. The van der Waals surface area contributed by atoms with Gasteiger partial charge in [0.05, 0.1) is 24.9 Å². The monoisotopic (exact) mass is 703 g/mol. The van der Waals surface area contributed by atoms with Crippen LogP contribution in [0.4, 0.5) is 10.5 Å². The van der Waals surface area contributed by atoms with Gasteiger partial charge in [0.15, 0.2) is 6.29 Å². The van der Waals surface area contributed by atoms with Gasteiger partial charge in [-0.1, -0.05) is 85.8 Å². The minimum atomic E-state index is -0.784. The number of phenols is 1. The highest BCUT2D eigenvalue weighted by atomic mass is 16.7. The molecule has 5 aromatic carbocycles. The van der Waals surface area contributed by atoms with Crippen molar-refractivity contribution in [1.82, 2.24) is 10.2 Å². The Bertz CT molecular complexity index is 1870. The van der Waals surface area contributed by atoms with E-state index in [0.29, 0.717) is 36.6 Å². The first-order valence-electron chi connectivity index (χ1n) is 17.4. The number of aliphatic hydroxyl groups is 2. The average molecular weight is 704 g/mol. The number of aromatic hydroxyl groups is 1. The third kappa shape index (κ3) is 9.75. The lowest BCUT2D eigenvalue weighted by Crippen LogP contribution is -2.44. The van der Waals surface area contributed by atoms with Gasteiger partial charge in [0, 0.05) is 36.8 Å². The van der Waals surface area contributed by atoms with Gasteiger partial charge < -0.3 is 45.1 Å². The Morgan fingerprint density at radius 3 is 2.19 bits per heavy atom. The maximum Gasteiger partial charge on any atom is 0.319 e. The van der Waals surface area contributed by atoms with Crippen molar-refractivity contribution in [3.05, 3.63) is 155 Å². The quantitative estimate of drug-likeness (QED) is 0.0854. The number of ether oxygens (including phenoxy) is 3. The van der Waals surface area contributed by atoms with Crippen LogP contribution in [-0.2, 0) is 22.6 Å². The molecule has 52 heavy (non-hydrogen) atoms. The fourth-order valence-electron chi connectivity index (χ4n) is 6.22. The minimum Gasteiger partial charge on any atom is -0.508 e. The summed E-state index contributed by atoms with van der Waals surface area (Å²) in [6, 6.07) is 38.5. The Balaban J connectivity index is 1.07. The normalized spacial score (nSPS) is 19.2. The van der Waals surface area contributed by atoms with Crippen LogP contribution in [0.3, 0.4) is 0 Å². The number of aliphatic hydroxyl groups excluding tert-OH is 2. The summed E-state index contributed by atoms with van der Waals surface area (Å²) in [6.07, 6.45) is -1.98. The summed E-state index contributed by atoms with van der Waals surface area (Å²) in [4.78, 5) is 14.7. The topological polar surface area (TPSA) is 133 Å². The lowest BCUT2D eigenvalue weighted by molar-refractivity contribution is -0.276. The van der Waals surface area contributed by atoms with E-state index in [-0.39, 0.29) is 36.5 Å². The molecule has 2 amide bonds. The second-order valence-electron chi connectivity index (χ2n) is 13.1. The predicted octanol–water partition coefficient (Wildman–Crippen LogP) is 7.46. The van der Waals surface area contributed by atoms with E-state index < -0.39 is 12.4 Å². The number of hydrogen-bond acceptors (Lipinski definition) is 8. The highest BCUT2D eigenvalue weighted by Gasteiger charge is 2.39. The van der Waals surface area contributed by atoms with E-state index >= 15 is 0 Å². The Labute approximate surface area is 304 Å². The highest BCUT2D eigenvalue weighted by Crippen LogP contribution is 2.42. The third-order valence-corrected chi connectivity index (χ3v) is 9.15. The number of carbonyl (C=O) groups is 1. The van der Waals surface area contributed by atoms with Crippen LogP contribution in [0.2, 0.25) is 0 Å². The van der Waals surface area contributed by atoms with Crippen LogP contribution in [0.5, 0.6) is 17.2 Å². The second kappa shape index (κ2) is 17.3. The lowest BCUT2D eigenvalue weighted by atomic mass is 9.90. The molecule has 5 atom stereocenters. The van der Waals surface area contributed by atoms with Crippen LogP contribution in [0, 0.1) is 5.92 Å². The van der Waals surface area contributed by atoms with Crippen LogP contribution >= 0.6 is 0 Å². The van der Waals surface area contributed by atoms with Gasteiger partial charge in [-0.05, 0) is 77.8 Å². The van der Waals surface area contributed by atoms with Crippen molar-refractivity contribution >= 4 is 11.7 Å². The molecule has 5 aromatic rings. The van der Waals surface area contributed by atoms with Gasteiger partial charge in [-0.25, -0.2) is 4.79 Å². The summed E-state index contributed by atoms with van der Waals surface area (Å²) in [5, 5.41) is 36.1. The number of phenolic OH excluding ortho intramolecular Hbond substituents is 1. The van der Waals surface area contributed by atoms with E-state index in [9.17, 15) is 20.1 Å². The molecule has 0 aromatic heterocycles. The van der Waals surface area contributed by atoms with Crippen LogP contribution in [0.1, 0.15) is 53.2 Å². The molecule has 0 saturated carbocycles. The number of amides is 2. The molecule has 1 aliphatic heterocycles. The number of nitrogens with zero attached hydrogens (tertiary/aromatic N) is 1. The molecule has 0 spiro atoms. The third-order valence-electron chi connectivity index (χ3n) is 9.15. The fourth-order valence-corrected chi connectivity index (χ4v) is 6.22. The van der Waals surface area contributed by atoms with Crippen LogP contribution < -0.4 is 15.4 Å². The molecule has 1 aliphatic rings. The molecule has 270 valence electrons. The first-order valence-corrected chi connectivity index (χ1v) is 17.4. The molecule has 10 heteroatoms.